The van der Waals surface area contributed by atoms with Crippen LogP contribution in [0.4, 0.5) is 17.1 Å². The van der Waals surface area contributed by atoms with E-state index in [1.165, 1.54) is 108 Å². The van der Waals surface area contributed by atoms with Crippen molar-refractivity contribution in [3.63, 3.8) is 0 Å². The van der Waals surface area contributed by atoms with Crippen molar-refractivity contribution in [1.82, 2.24) is 0 Å². The van der Waals surface area contributed by atoms with Crippen LogP contribution < -0.4 is 9.64 Å². The quantitative estimate of drug-likeness (QED) is 0.174. The molecule has 0 saturated heterocycles. The predicted molar refractivity (Wildman–Crippen MR) is 298 cm³/mol. The molecular weight excluding hydrogens is 911 g/mol. The minimum Gasteiger partial charge on any atom is -0.457 e. The van der Waals surface area contributed by atoms with Crippen LogP contribution in [0, 0.1) is 0 Å². The van der Waals surface area contributed by atoms with Crippen molar-refractivity contribution in [1.29, 1.82) is 0 Å². The van der Waals surface area contributed by atoms with E-state index in [0.717, 1.165) is 28.6 Å². The lowest BCUT2D eigenvalue weighted by Crippen LogP contribution is -2.32. The third-order valence-corrected chi connectivity index (χ3v) is 18.3. The summed E-state index contributed by atoms with van der Waals surface area (Å²) in [5.41, 5.74) is 19.9. The summed E-state index contributed by atoms with van der Waals surface area (Å²) in [6.45, 7) is 0. The molecule has 4 aliphatic rings. The van der Waals surface area contributed by atoms with E-state index in [4.69, 9.17) is 4.74 Å². The standard InChI is InChI=1S/C68H41NOS2/c1-4-18-53-47(15-1)51-40-45(34-37-55(51)67(53)57-20-6-10-24-61(57)70-62-25-11-7-21-58(62)67)69(44-32-29-42(30-33-44)43-31-36-50-49-17-3-12-26-63(49)71-66(50)39-43)46-35-38-56-52(41-46)48-16-2-5-19-54(48)68(56)59-22-8-13-27-64(59)72-65-28-14-9-23-60(65)68/h1-41H. The van der Waals surface area contributed by atoms with E-state index in [9.17, 15) is 0 Å². The zero-order valence-electron chi connectivity index (χ0n) is 38.8. The second-order valence-corrected chi connectivity index (χ2v) is 21.6. The smallest absolute Gasteiger partial charge is 0.132 e. The number of nitrogens with zero attached hydrogens (tertiary/aromatic N) is 1. The lowest BCUT2D eigenvalue weighted by atomic mass is 9.66. The molecule has 0 atom stereocenters. The lowest BCUT2D eigenvalue weighted by Gasteiger charge is -2.39. The SMILES string of the molecule is c1ccc2c(c1)Oc1ccccc1C21c2ccccc2-c2cc(N(c3ccc(-c4ccc5c(c4)sc4ccccc45)cc3)c3ccc4c(c3)-c3ccccc3C43c4ccccc4Sc4ccccc43)ccc21. The van der Waals surface area contributed by atoms with Gasteiger partial charge in [-0.05, 0) is 140 Å². The summed E-state index contributed by atoms with van der Waals surface area (Å²) >= 11 is 3.75. The summed E-state index contributed by atoms with van der Waals surface area (Å²) in [4.78, 5) is 5.09. The Hall–Kier alpha value is -8.41. The van der Waals surface area contributed by atoms with E-state index in [1.54, 1.807) is 0 Å². The van der Waals surface area contributed by atoms with Crippen molar-refractivity contribution in [2.75, 3.05) is 4.90 Å². The summed E-state index contributed by atoms with van der Waals surface area (Å²) in [7, 11) is 0. The van der Waals surface area contributed by atoms with Crippen LogP contribution in [0.25, 0.3) is 53.6 Å². The molecule has 2 aliphatic carbocycles. The number of para-hydroxylation sites is 2. The molecule has 0 saturated carbocycles. The number of anilines is 3. The van der Waals surface area contributed by atoms with Crippen molar-refractivity contribution >= 4 is 60.3 Å². The molecule has 0 bridgehead atoms. The topological polar surface area (TPSA) is 12.5 Å². The summed E-state index contributed by atoms with van der Waals surface area (Å²) in [6.07, 6.45) is 0. The molecule has 16 rings (SSSR count). The minimum atomic E-state index is -0.547. The Morgan fingerprint density at radius 1 is 0.306 bits per heavy atom. The van der Waals surface area contributed by atoms with Gasteiger partial charge in [0.05, 0.1) is 10.8 Å². The minimum absolute atomic E-state index is 0.452. The van der Waals surface area contributed by atoms with E-state index in [1.807, 2.05) is 23.1 Å². The molecule has 336 valence electrons. The van der Waals surface area contributed by atoms with Gasteiger partial charge in [0.1, 0.15) is 11.5 Å². The first-order valence-corrected chi connectivity index (χ1v) is 26.4. The number of thiophene rings is 1. The largest absolute Gasteiger partial charge is 0.457 e. The monoisotopic (exact) mass is 951 g/mol. The number of hydrogen-bond donors (Lipinski definition) is 0. The third-order valence-electron chi connectivity index (χ3n) is 16.0. The van der Waals surface area contributed by atoms with Crippen LogP contribution in [0.5, 0.6) is 11.5 Å². The van der Waals surface area contributed by atoms with Gasteiger partial charge in [-0.25, -0.2) is 0 Å². The molecular formula is C68H41NOS2. The molecule has 0 amide bonds. The average Bonchev–Trinajstić information content (AvgIpc) is 4.06. The third kappa shape index (κ3) is 5.35. The van der Waals surface area contributed by atoms with Crippen LogP contribution in [-0.2, 0) is 10.8 Å². The van der Waals surface area contributed by atoms with Gasteiger partial charge in [-0.1, -0.05) is 188 Å². The number of hydrogen-bond acceptors (Lipinski definition) is 4. The summed E-state index contributed by atoms with van der Waals surface area (Å²) < 4.78 is 9.31. The first kappa shape index (κ1) is 40.3. The molecule has 0 fully saturated rings. The Balaban J connectivity index is 0.911. The summed E-state index contributed by atoms with van der Waals surface area (Å²) in [5.74, 6) is 1.79. The molecule has 1 aromatic heterocycles. The first-order valence-electron chi connectivity index (χ1n) is 24.7. The number of fused-ring (bicyclic) bond motifs is 21. The highest BCUT2D eigenvalue weighted by molar-refractivity contribution is 7.99. The second-order valence-electron chi connectivity index (χ2n) is 19.4. The molecule has 0 radical (unpaired) electrons. The number of rotatable bonds is 4. The highest BCUT2D eigenvalue weighted by Gasteiger charge is 2.52. The maximum absolute atomic E-state index is 6.68. The number of benzene rings is 11. The van der Waals surface area contributed by atoms with E-state index >= 15 is 0 Å². The predicted octanol–water partition coefficient (Wildman–Crippen LogP) is 18.5. The Labute approximate surface area is 426 Å². The Bertz CT molecular complexity index is 3970. The van der Waals surface area contributed by atoms with E-state index in [2.05, 4.69) is 254 Å². The highest BCUT2D eigenvalue weighted by Crippen LogP contribution is 2.65. The van der Waals surface area contributed by atoms with Crippen LogP contribution in [0.15, 0.2) is 259 Å². The molecule has 3 heterocycles. The van der Waals surface area contributed by atoms with Gasteiger partial charge in [-0.2, -0.15) is 0 Å². The lowest BCUT2D eigenvalue weighted by molar-refractivity contribution is 0.436. The van der Waals surface area contributed by atoms with E-state index in [-0.39, 0.29) is 0 Å². The number of ether oxygens (including phenoxy) is 1. The molecule has 0 N–H and O–H groups in total. The summed E-state index contributed by atoms with van der Waals surface area (Å²) in [6, 6.07) is 92.8. The van der Waals surface area contributed by atoms with Crippen molar-refractivity contribution in [2.24, 2.45) is 0 Å². The summed E-state index contributed by atoms with van der Waals surface area (Å²) in [5, 5.41) is 2.63. The molecule has 2 aliphatic heterocycles. The zero-order chi connectivity index (χ0) is 47.1. The van der Waals surface area contributed by atoms with Gasteiger partial charge >= 0.3 is 0 Å². The molecule has 72 heavy (non-hydrogen) atoms. The van der Waals surface area contributed by atoms with E-state index < -0.39 is 10.8 Å². The molecule has 12 aromatic rings. The van der Waals surface area contributed by atoms with Crippen molar-refractivity contribution in [2.45, 2.75) is 20.6 Å². The maximum atomic E-state index is 6.68. The van der Waals surface area contributed by atoms with Crippen molar-refractivity contribution in [3.8, 4) is 44.9 Å². The second kappa shape index (κ2) is 15.1. The molecule has 0 unspecified atom stereocenters. The fraction of sp³-hybridized carbons (Fsp3) is 0.0294. The molecule has 4 heteroatoms. The van der Waals surface area contributed by atoms with Crippen LogP contribution in [0.1, 0.15) is 44.5 Å². The van der Waals surface area contributed by atoms with Gasteiger partial charge in [0.2, 0.25) is 0 Å². The first-order chi connectivity index (χ1) is 35.7. The highest BCUT2D eigenvalue weighted by atomic mass is 32.2. The van der Waals surface area contributed by atoms with E-state index in [0.29, 0.717) is 0 Å². The van der Waals surface area contributed by atoms with Gasteiger partial charge in [-0.15, -0.1) is 11.3 Å². The zero-order valence-corrected chi connectivity index (χ0v) is 40.5. The van der Waals surface area contributed by atoms with Gasteiger partial charge in [0, 0.05) is 58.2 Å². The molecule has 11 aromatic carbocycles. The van der Waals surface area contributed by atoms with Crippen molar-refractivity contribution < 1.29 is 4.74 Å². The van der Waals surface area contributed by atoms with Crippen LogP contribution in [0.2, 0.25) is 0 Å². The van der Waals surface area contributed by atoms with Gasteiger partial charge in [-0.3, -0.25) is 0 Å². The van der Waals surface area contributed by atoms with Gasteiger partial charge < -0.3 is 9.64 Å². The normalized spacial score (nSPS) is 14.4. The Kier molecular flexibility index (Phi) is 8.43. The fourth-order valence-electron chi connectivity index (χ4n) is 13.1. The Morgan fingerprint density at radius 2 is 0.750 bits per heavy atom. The maximum Gasteiger partial charge on any atom is 0.132 e. The van der Waals surface area contributed by atoms with Crippen LogP contribution >= 0.6 is 23.1 Å². The van der Waals surface area contributed by atoms with Gasteiger partial charge in [0.25, 0.3) is 0 Å². The van der Waals surface area contributed by atoms with Gasteiger partial charge in [0.15, 0.2) is 0 Å². The molecule has 2 spiro atoms. The van der Waals surface area contributed by atoms with Crippen LogP contribution in [0.3, 0.4) is 0 Å². The van der Waals surface area contributed by atoms with Crippen LogP contribution in [-0.4, -0.2) is 0 Å². The fourth-order valence-corrected chi connectivity index (χ4v) is 15.5. The molecule has 2 nitrogen and oxygen atoms in total. The average molecular weight is 952 g/mol. The Morgan fingerprint density at radius 3 is 1.36 bits per heavy atom. The van der Waals surface area contributed by atoms with Crippen molar-refractivity contribution in [3.05, 3.63) is 293 Å².